The molecule has 0 aliphatic carbocycles. The zero-order chi connectivity index (χ0) is 15.5. The van der Waals surface area contributed by atoms with Crippen molar-refractivity contribution in [1.29, 1.82) is 0 Å². The van der Waals surface area contributed by atoms with Crippen LogP contribution >= 0.6 is 12.2 Å². The number of thiocarbonyl (C=S) groups is 1. The Morgan fingerprint density at radius 2 is 1.24 bits per heavy atom. The minimum absolute atomic E-state index is 0.196. The molecule has 0 radical (unpaired) electrons. The van der Waals surface area contributed by atoms with Crippen molar-refractivity contribution in [2.24, 2.45) is 0 Å². The molecule has 7 heteroatoms. The van der Waals surface area contributed by atoms with Gasteiger partial charge in [-0.05, 0) is 60.7 Å². The van der Waals surface area contributed by atoms with Gasteiger partial charge in [0, 0.05) is 11.4 Å². The summed E-state index contributed by atoms with van der Waals surface area (Å²) in [6.07, 6.45) is -4.37. The molecule has 0 amide bonds. The van der Waals surface area contributed by atoms with Crippen molar-refractivity contribution < 1.29 is 17.6 Å². The van der Waals surface area contributed by atoms with Crippen LogP contribution in [-0.4, -0.2) is 5.11 Å². The lowest BCUT2D eigenvalue weighted by Crippen LogP contribution is -2.19. The molecule has 2 rings (SSSR count). The summed E-state index contributed by atoms with van der Waals surface area (Å²) in [5, 5.41) is 5.73. The Morgan fingerprint density at radius 3 is 1.67 bits per heavy atom. The molecular weight excluding hydrogens is 304 g/mol. The van der Waals surface area contributed by atoms with E-state index in [0.717, 1.165) is 12.1 Å². The molecule has 0 aliphatic heterocycles. The van der Waals surface area contributed by atoms with E-state index < -0.39 is 11.7 Å². The van der Waals surface area contributed by atoms with Gasteiger partial charge in [-0.25, -0.2) is 4.39 Å². The average Bonchev–Trinajstić information content (AvgIpc) is 2.41. The molecule has 0 aromatic heterocycles. The SMILES string of the molecule is Fc1ccc(NC(=S)Nc2ccc(C(F)(F)F)cc2)cc1. The lowest BCUT2D eigenvalue weighted by Gasteiger charge is -2.12. The van der Waals surface area contributed by atoms with Crippen LogP contribution < -0.4 is 10.6 Å². The molecule has 0 unspecified atom stereocenters. The van der Waals surface area contributed by atoms with Crippen LogP contribution in [0.1, 0.15) is 5.56 Å². The molecule has 0 atom stereocenters. The number of anilines is 2. The van der Waals surface area contributed by atoms with Gasteiger partial charge in [-0.2, -0.15) is 13.2 Å². The monoisotopic (exact) mass is 314 g/mol. The minimum Gasteiger partial charge on any atom is -0.332 e. The van der Waals surface area contributed by atoms with Crippen LogP contribution in [0.25, 0.3) is 0 Å². The molecule has 0 aliphatic rings. The molecular formula is C14H10F4N2S. The van der Waals surface area contributed by atoms with Crippen LogP contribution in [0.3, 0.4) is 0 Å². The van der Waals surface area contributed by atoms with Crippen LogP contribution in [0, 0.1) is 5.82 Å². The number of nitrogens with one attached hydrogen (secondary N) is 2. The highest BCUT2D eigenvalue weighted by molar-refractivity contribution is 7.80. The highest BCUT2D eigenvalue weighted by atomic mass is 32.1. The van der Waals surface area contributed by atoms with Crippen LogP contribution in [0.5, 0.6) is 0 Å². The predicted octanol–water partition coefficient (Wildman–Crippen LogP) is 4.65. The maximum atomic E-state index is 12.7. The summed E-state index contributed by atoms with van der Waals surface area (Å²) in [6, 6.07) is 10.0. The van der Waals surface area contributed by atoms with E-state index in [9.17, 15) is 17.6 Å². The Bertz CT molecular complexity index is 621. The Kier molecular flexibility index (Phi) is 4.42. The van der Waals surface area contributed by atoms with Crippen molar-refractivity contribution in [2.75, 3.05) is 10.6 Å². The Morgan fingerprint density at radius 1 is 0.810 bits per heavy atom. The van der Waals surface area contributed by atoms with Crippen molar-refractivity contribution in [3.63, 3.8) is 0 Å². The summed E-state index contributed by atoms with van der Waals surface area (Å²) < 4.78 is 50.0. The molecule has 21 heavy (non-hydrogen) atoms. The van der Waals surface area contributed by atoms with Crippen molar-refractivity contribution in [1.82, 2.24) is 0 Å². The van der Waals surface area contributed by atoms with E-state index in [1.165, 1.54) is 36.4 Å². The van der Waals surface area contributed by atoms with E-state index in [0.29, 0.717) is 11.4 Å². The topological polar surface area (TPSA) is 24.1 Å². The van der Waals surface area contributed by atoms with Gasteiger partial charge in [-0.15, -0.1) is 0 Å². The molecule has 2 nitrogen and oxygen atoms in total. The second kappa shape index (κ2) is 6.09. The first-order valence-electron chi connectivity index (χ1n) is 5.85. The average molecular weight is 314 g/mol. The third kappa shape index (κ3) is 4.42. The first-order valence-corrected chi connectivity index (χ1v) is 6.26. The molecule has 0 heterocycles. The zero-order valence-corrected chi connectivity index (χ0v) is 11.4. The molecule has 2 N–H and O–H groups in total. The quantitative estimate of drug-likeness (QED) is 0.623. The van der Waals surface area contributed by atoms with Gasteiger partial charge >= 0.3 is 6.18 Å². The highest BCUT2D eigenvalue weighted by Gasteiger charge is 2.29. The van der Waals surface area contributed by atoms with E-state index in [2.05, 4.69) is 10.6 Å². The van der Waals surface area contributed by atoms with Gasteiger partial charge in [0.25, 0.3) is 0 Å². The van der Waals surface area contributed by atoms with Crippen LogP contribution in [-0.2, 0) is 6.18 Å². The Labute approximate surface area is 123 Å². The standard InChI is InChI=1S/C14H10F4N2S/c15-10-3-7-12(8-4-10)20-13(21)19-11-5-1-9(2-6-11)14(16,17)18/h1-8H,(H2,19,20,21). The number of rotatable bonds is 2. The fourth-order valence-corrected chi connectivity index (χ4v) is 1.80. The lowest BCUT2D eigenvalue weighted by atomic mass is 10.2. The Balaban J connectivity index is 1.98. The fraction of sp³-hybridized carbons (Fsp3) is 0.0714. The number of alkyl halides is 3. The normalized spacial score (nSPS) is 11.0. The summed E-state index contributed by atoms with van der Waals surface area (Å²) in [7, 11) is 0. The van der Waals surface area contributed by atoms with Crippen LogP contribution in [0.4, 0.5) is 28.9 Å². The maximum absolute atomic E-state index is 12.7. The zero-order valence-electron chi connectivity index (χ0n) is 10.5. The fourth-order valence-electron chi connectivity index (χ4n) is 1.57. The molecule has 2 aromatic carbocycles. The van der Waals surface area contributed by atoms with Gasteiger partial charge in [0.1, 0.15) is 5.82 Å². The van der Waals surface area contributed by atoms with Gasteiger partial charge in [0.2, 0.25) is 0 Å². The van der Waals surface area contributed by atoms with E-state index in [1.54, 1.807) is 0 Å². The van der Waals surface area contributed by atoms with Gasteiger partial charge < -0.3 is 10.6 Å². The maximum Gasteiger partial charge on any atom is 0.416 e. The first-order chi connectivity index (χ1) is 9.84. The second-order valence-corrected chi connectivity index (χ2v) is 4.57. The minimum atomic E-state index is -4.37. The third-order valence-electron chi connectivity index (χ3n) is 2.57. The molecule has 110 valence electrons. The molecule has 0 fully saturated rings. The lowest BCUT2D eigenvalue weighted by molar-refractivity contribution is -0.137. The number of halogens is 4. The van der Waals surface area contributed by atoms with Crippen molar-refractivity contribution in [3.8, 4) is 0 Å². The summed E-state index contributed by atoms with van der Waals surface area (Å²) in [6.45, 7) is 0. The second-order valence-electron chi connectivity index (χ2n) is 4.16. The van der Waals surface area contributed by atoms with Crippen molar-refractivity contribution >= 4 is 28.7 Å². The predicted molar refractivity (Wildman–Crippen MR) is 77.7 cm³/mol. The summed E-state index contributed by atoms with van der Waals surface area (Å²) in [5.74, 6) is -0.373. The van der Waals surface area contributed by atoms with Crippen molar-refractivity contribution in [2.45, 2.75) is 6.18 Å². The first kappa shape index (κ1) is 15.2. The van der Waals surface area contributed by atoms with E-state index >= 15 is 0 Å². The summed E-state index contributed by atoms with van der Waals surface area (Å²) in [4.78, 5) is 0. The van der Waals surface area contributed by atoms with Gasteiger partial charge in [-0.3, -0.25) is 0 Å². The molecule has 2 aromatic rings. The number of benzene rings is 2. The summed E-state index contributed by atoms with van der Waals surface area (Å²) in [5.41, 5.74) is 0.258. The van der Waals surface area contributed by atoms with Gasteiger partial charge in [0.15, 0.2) is 5.11 Å². The van der Waals surface area contributed by atoms with Gasteiger partial charge in [0.05, 0.1) is 5.56 Å². The highest BCUT2D eigenvalue weighted by Crippen LogP contribution is 2.29. The third-order valence-corrected chi connectivity index (χ3v) is 2.78. The van der Waals surface area contributed by atoms with Gasteiger partial charge in [-0.1, -0.05) is 0 Å². The Hall–Kier alpha value is -2.15. The molecule has 0 bridgehead atoms. The largest absolute Gasteiger partial charge is 0.416 e. The smallest absolute Gasteiger partial charge is 0.332 e. The molecule has 0 saturated heterocycles. The van der Waals surface area contributed by atoms with Crippen LogP contribution in [0.15, 0.2) is 48.5 Å². The van der Waals surface area contributed by atoms with Crippen molar-refractivity contribution in [3.05, 3.63) is 59.9 Å². The van der Waals surface area contributed by atoms with E-state index in [1.807, 2.05) is 0 Å². The summed E-state index contributed by atoms with van der Waals surface area (Å²) >= 11 is 5.02. The number of hydrogen-bond donors (Lipinski definition) is 2. The van der Waals surface area contributed by atoms with E-state index in [4.69, 9.17) is 12.2 Å². The van der Waals surface area contributed by atoms with E-state index in [-0.39, 0.29) is 10.9 Å². The van der Waals surface area contributed by atoms with Crippen LogP contribution in [0.2, 0.25) is 0 Å². The number of hydrogen-bond acceptors (Lipinski definition) is 1. The molecule has 0 spiro atoms. The molecule has 0 saturated carbocycles.